The first-order valence-electron chi connectivity index (χ1n) is 9.03. The maximum Gasteiger partial charge on any atom is 0.243 e. The molecule has 1 aromatic rings. The van der Waals surface area contributed by atoms with Gasteiger partial charge in [0.25, 0.3) is 0 Å². The summed E-state index contributed by atoms with van der Waals surface area (Å²) in [5.74, 6) is 0.636. The minimum Gasteiger partial charge on any atom is -0.340 e. The second-order valence-electron chi connectivity index (χ2n) is 6.96. The highest BCUT2D eigenvalue weighted by molar-refractivity contribution is 7.89. The molecule has 2 heterocycles. The summed E-state index contributed by atoms with van der Waals surface area (Å²) in [6.07, 6.45) is 1.03. The number of nitrogens with zero attached hydrogens (tertiary/aromatic N) is 2. The van der Waals surface area contributed by atoms with Crippen molar-refractivity contribution in [1.82, 2.24) is 14.5 Å². The predicted molar refractivity (Wildman–Crippen MR) is 104 cm³/mol. The number of sulfonamides is 1. The normalized spacial score (nSPS) is 20.2. The van der Waals surface area contributed by atoms with E-state index in [2.05, 4.69) is 19.2 Å². The summed E-state index contributed by atoms with van der Waals surface area (Å²) in [5.41, 5.74) is 1.16. The van der Waals surface area contributed by atoms with Crippen molar-refractivity contribution in [2.45, 2.75) is 31.1 Å². The highest BCUT2D eigenvalue weighted by Crippen LogP contribution is 2.23. The van der Waals surface area contributed by atoms with Crippen LogP contribution in [0.15, 0.2) is 29.2 Å². The van der Waals surface area contributed by atoms with Crippen molar-refractivity contribution < 1.29 is 13.2 Å². The number of nitrogens with one attached hydrogen (secondary N) is 1. The van der Waals surface area contributed by atoms with Gasteiger partial charge in [-0.2, -0.15) is 4.31 Å². The maximum absolute atomic E-state index is 12.8. The van der Waals surface area contributed by atoms with Gasteiger partial charge in [0.05, 0.1) is 10.8 Å². The van der Waals surface area contributed by atoms with Gasteiger partial charge in [0.1, 0.15) is 0 Å². The minimum atomic E-state index is -3.49. The molecule has 0 spiro atoms. The fourth-order valence-electron chi connectivity index (χ4n) is 3.22. The Labute approximate surface area is 162 Å². The number of carbonyl (C=O) groups excluding carboxylic acids is 1. The van der Waals surface area contributed by atoms with Crippen LogP contribution in [-0.2, 0) is 14.8 Å². The molecule has 2 aliphatic heterocycles. The molecule has 0 aliphatic carbocycles. The lowest BCUT2D eigenvalue weighted by Gasteiger charge is -2.38. The van der Waals surface area contributed by atoms with Crippen LogP contribution in [0.1, 0.15) is 31.7 Å². The molecule has 26 heavy (non-hydrogen) atoms. The molecule has 6 nitrogen and oxygen atoms in total. The Morgan fingerprint density at radius 2 is 1.73 bits per heavy atom. The zero-order chi connectivity index (χ0) is 18.0. The highest BCUT2D eigenvalue weighted by Gasteiger charge is 2.34. The Morgan fingerprint density at radius 1 is 1.15 bits per heavy atom. The number of rotatable bonds is 5. The number of amides is 1. The average molecular weight is 402 g/mol. The Hall–Kier alpha value is -1.15. The monoisotopic (exact) mass is 401 g/mol. The summed E-state index contributed by atoms with van der Waals surface area (Å²) in [7, 11) is -3.49. The Morgan fingerprint density at radius 3 is 2.19 bits per heavy atom. The number of carbonyl (C=O) groups is 1. The molecule has 1 aromatic carbocycles. The molecule has 0 radical (unpaired) electrons. The van der Waals surface area contributed by atoms with Crippen molar-refractivity contribution >= 4 is 28.3 Å². The SMILES string of the molecule is CCC(C)c1ccc(S(=O)(=O)N2CCN(C(=O)C3CNC3)CC2)cc1.Cl. The topological polar surface area (TPSA) is 69.7 Å². The van der Waals surface area contributed by atoms with Crippen LogP contribution < -0.4 is 5.32 Å². The number of hydrogen-bond donors (Lipinski definition) is 1. The molecule has 8 heteroatoms. The molecule has 0 aromatic heterocycles. The largest absolute Gasteiger partial charge is 0.340 e. The number of benzene rings is 1. The van der Waals surface area contributed by atoms with E-state index in [-0.39, 0.29) is 24.2 Å². The van der Waals surface area contributed by atoms with E-state index in [0.29, 0.717) is 37.0 Å². The van der Waals surface area contributed by atoms with Crippen LogP contribution in [0.2, 0.25) is 0 Å². The van der Waals surface area contributed by atoms with Gasteiger partial charge in [-0.15, -0.1) is 12.4 Å². The highest BCUT2D eigenvalue weighted by atomic mass is 35.5. The van der Waals surface area contributed by atoms with E-state index in [4.69, 9.17) is 0 Å². The fraction of sp³-hybridized carbons (Fsp3) is 0.611. The van der Waals surface area contributed by atoms with E-state index in [1.54, 1.807) is 17.0 Å². The first-order valence-corrected chi connectivity index (χ1v) is 10.5. The van der Waals surface area contributed by atoms with Gasteiger partial charge in [-0.05, 0) is 30.0 Å². The number of halogens is 1. The molecular formula is C18H28ClN3O3S. The lowest BCUT2D eigenvalue weighted by Crippen LogP contribution is -2.57. The molecule has 2 saturated heterocycles. The second-order valence-corrected chi connectivity index (χ2v) is 8.90. The van der Waals surface area contributed by atoms with Crippen molar-refractivity contribution in [1.29, 1.82) is 0 Å². The van der Waals surface area contributed by atoms with E-state index in [0.717, 1.165) is 25.1 Å². The van der Waals surface area contributed by atoms with Gasteiger partial charge in [0.15, 0.2) is 0 Å². The number of hydrogen-bond acceptors (Lipinski definition) is 4. The lowest BCUT2D eigenvalue weighted by atomic mass is 9.99. The van der Waals surface area contributed by atoms with Crippen LogP contribution in [0.5, 0.6) is 0 Å². The maximum atomic E-state index is 12.8. The predicted octanol–water partition coefficient (Wildman–Crippen LogP) is 1.67. The third-order valence-corrected chi connectivity index (χ3v) is 7.29. The molecule has 3 rings (SSSR count). The van der Waals surface area contributed by atoms with Gasteiger partial charge in [-0.3, -0.25) is 4.79 Å². The van der Waals surface area contributed by atoms with Crippen molar-refractivity contribution in [3.8, 4) is 0 Å². The Bertz CT molecular complexity index is 712. The summed E-state index contributed by atoms with van der Waals surface area (Å²) in [6, 6.07) is 7.22. The molecule has 1 unspecified atom stereocenters. The van der Waals surface area contributed by atoms with Crippen molar-refractivity contribution in [3.05, 3.63) is 29.8 Å². The standard InChI is InChI=1S/C18H27N3O3S.ClH/c1-3-14(2)15-4-6-17(7-5-15)25(23,24)21-10-8-20(9-11-21)18(22)16-12-19-13-16;/h4-7,14,16,19H,3,8-13H2,1-2H3;1H. The van der Waals surface area contributed by atoms with E-state index in [1.807, 2.05) is 12.1 Å². The molecule has 2 fully saturated rings. The van der Waals surface area contributed by atoms with Gasteiger partial charge in [-0.25, -0.2) is 8.42 Å². The molecule has 1 N–H and O–H groups in total. The molecule has 1 atom stereocenters. The molecule has 0 saturated carbocycles. The molecule has 1 amide bonds. The van der Waals surface area contributed by atoms with Crippen LogP contribution in [0.4, 0.5) is 0 Å². The van der Waals surface area contributed by atoms with Crippen molar-refractivity contribution in [3.63, 3.8) is 0 Å². The molecule has 2 aliphatic rings. The van der Waals surface area contributed by atoms with Gasteiger partial charge >= 0.3 is 0 Å². The summed E-state index contributed by atoms with van der Waals surface area (Å²) < 4.78 is 27.2. The average Bonchev–Trinajstić information content (AvgIpc) is 2.59. The van der Waals surface area contributed by atoms with Crippen LogP contribution >= 0.6 is 12.4 Å². The van der Waals surface area contributed by atoms with E-state index < -0.39 is 10.0 Å². The first-order chi connectivity index (χ1) is 11.9. The smallest absolute Gasteiger partial charge is 0.243 e. The van der Waals surface area contributed by atoms with Crippen LogP contribution in [-0.4, -0.2) is 62.8 Å². The van der Waals surface area contributed by atoms with Crippen LogP contribution in [0.3, 0.4) is 0 Å². The van der Waals surface area contributed by atoms with Gasteiger partial charge in [0.2, 0.25) is 15.9 Å². The minimum absolute atomic E-state index is 0. The zero-order valence-corrected chi connectivity index (χ0v) is 17.0. The van der Waals surface area contributed by atoms with Crippen molar-refractivity contribution in [2.75, 3.05) is 39.3 Å². The van der Waals surface area contributed by atoms with E-state index in [1.165, 1.54) is 4.31 Å². The van der Waals surface area contributed by atoms with Gasteiger partial charge < -0.3 is 10.2 Å². The fourth-order valence-corrected chi connectivity index (χ4v) is 4.65. The number of piperazine rings is 1. The van der Waals surface area contributed by atoms with Crippen LogP contribution in [0.25, 0.3) is 0 Å². The van der Waals surface area contributed by atoms with Gasteiger partial charge in [-0.1, -0.05) is 26.0 Å². The van der Waals surface area contributed by atoms with Crippen molar-refractivity contribution in [2.24, 2.45) is 5.92 Å². The quantitative estimate of drug-likeness (QED) is 0.814. The summed E-state index contributed by atoms with van der Waals surface area (Å²) in [6.45, 7) is 7.40. The molecule has 146 valence electrons. The summed E-state index contributed by atoms with van der Waals surface area (Å²) in [4.78, 5) is 14.4. The van der Waals surface area contributed by atoms with Gasteiger partial charge in [0, 0.05) is 39.3 Å². The zero-order valence-electron chi connectivity index (χ0n) is 15.3. The lowest BCUT2D eigenvalue weighted by molar-refractivity contribution is -0.138. The Kier molecular flexibility index (Phi) is 7.07. The molecule has 0 bridgehead atoms. The third kappa shape index (κ3) is 4.22. The van der Waals surface area contributed by atoms with E-state index in [9.17, 15) is 13.2 Å². The third-order valence-electron chi connectivity index (χ3n) is 5.38. The summed E-state index contributed by atoms with van der Waals surface area (Å²) >= 11 is 0. The molecular weight excluding hydrogens is 374 g/mol. The first kappa shape index (κ1) is 21.2. The second kappa shape index (κ2) is 8.69. The van der Waals surface area contributed by atoms with Crippen LogP contribution in [0, 0.1) is 5.92 Å². The Balaban J connectivity index is 0.00000243. The summed E-state index contributed by atoms with van der Waals surface area (Å²) in [5, 5.41) is 3.10. The van der Waals surface area contributed by atoms with E-state index >= 15 is 0 Å².